The van der Waals surface area contributed by atoms with E-state index in [1.54, 1.807) is 0 Å². The fraction of sp³-hybridized carbons (Fsp3) is 0.250. The van der Waals surface area contributed by atoms with Gasteiger partial charge in [0, 0.05) is 15.0 Å². The van der Waals surface area contributed by atoms with Gasteiger partial charge in [0.05, 0.1) is 0 Å². The highest BCUT2D eigenvalue weighted by Gasteiger charge is 2.21. The van der Waals surface area contributed by atoms with Crippen molar-refractivity contribution in [1.29, 1.82) is 0 Å². The van der Waals surface area contributed by atoms with Crippen molar-refractivity contribution in [3.8, 4) is 0 Å². The SMILES string of the molecule is Fc1cc(Br)cc(F)c1NC1CCc2cc(Br)ccc2C1. The van der Waals surface area contributed by atoms with Crippen molar-refractivity contribution in [2.45, 2.75) is 25.3 Å². The predicted molar refractivity (Wildman–Crippen MR) is 87.6 cm³/mol. The lowest BCUT2D eigenvalue weighted by molar-refractivity contribution is 0.562. The van der Waals surface area contributed by atoms with Crippen LogP contribution in [0.25, 0.3) is 0 Å². The molecule has 0 radical (unpaired) electrons. The van der Waals surface area contributed by atoms with E-state index in [0.717, 1.165) is 23.7 Å². The molecule has 110 valence electrons. The molecule has 1 aliphatic carbocycles. The minimum absolute atomic E-state index is 0.0382. The maximum absolute atomic E-state index is 13.9. The van der Waals surface area contributed by atoms with Crippen molar-refractivity contribution in [2.75, 3.05) is 5.32 Å². The first-order valence-corrected chi connectivity index (χ1v) is 8.30. The highest BCUT2D eigenvalue weighted by atomic mass is 79.9. The van der Waals surface area contributed by atoms with Crippen LogP contribution in [0.3, 0.4) is 0 Å². The molecule has 21 heavy (non-hydrogen) atoms. The van der Waals surface area contributed by atoms with Crippen LogP contribution in [0.1, 0.15) is 17.5 Å². The van der Waals surface area contributed by atoms with Gasteiger partial charge in [-0.15, -0.1) is 0 Å². The highest BCUT2D eigenvalue weighted by Crippen LogP contribution is 2.29. The minimum Gasteiger partial charge on any atom is -0.377 e. The zero-order chi connectivity index (χ0) is 15.0. The van der Waals surface area contributed by atoms with E-state index in [1.807, 2.05) is 6.07 Å². The lowest BCUT2D eigenvalue weighted by Crippen LogP contribution is -2.28. The van der Waals surface area contributed by atoms with E-state index in [9.17, 15) is 8.78 Å². The Kier molecular flexibility index (Phi) is 4.31. The van der Waals surface area contributed by atoms with Crippen LogP contribution in [0.5, 0.6) is 0 Å². The van der Waals surface area contributed by atoms with E-state index in [-0.39, 0.29) is 11.7 Å². The summed E-state index contributed by atoms with van der Waals surface area (Å²) in [5, 5.41) is 3.02. The third-order valence-electron chi connectivity index (χ3n) is 3.75. The molecule has 1 aliphatic rings. The van der Waals surface area contributed by atoms with Gasteiger partial charge in [-0.05, 0) is 54.7 Å². The summed E-state index contributed by atoms with van der Waals surface area (Å²) in [5.41, 5.74) is 2.50. The van der Waals surface area contributed by atoms with Gasteiger partial charge in [0.25, 0.3) is 0 Å². The van der Waals surface area contributed by atoms with Crippen LogP contribution in [-0.4, -0.2) is 6.04 Å². The summed E-state index contributed by atoms with van der Waals surface area (Å²) >= 11 is 6.55. The molecular formula is C16H13Br2F2N. The Labute approximate surface area is 139 Å². The second kappa shape index (κ2) is 6.05. The number of hydrogen-bond donors (Lipinski definition) is 1. The van der Waals surface area contributed by atoms with E-state index in [1.165, 1.54) is 23.3 Å². The molecule has 0 amide bonds. The number of rotatable bonds is 2. The van der Waals surface area contributed by atoms with E-state index in [0.29, 0.717) is 4.47 Å². The van der Waals surface area contributed by atoms with Crippen molar-refractivity contribution < 1.29 is 8.78 Å². The van der Waals surface area contributed by atoms with Crippen molar-refractivity contribution in [1.82, 2.24) is 0 Å². The zero-order valence-electron chi connectivity index (χ0n) is 11.1. The average molecular weight is 417 g/mol. The lowest BCUT2D eigenvalue weighted by atomic mass is 9.88. The molecule has 1 nitrogen and oxygen atoms in total. The van der Waals surface area contributed by atoms with Gasteiger partial charge >= 0.3 is 0 Å². The number of benzene rings is 2. The molecule has 1 atom stereocenters. The largest absolute Gasteiger partial charge is 0.377 e. The van der Waals surface area contributed by atoms with Gasteiger partial charge in [-0.1, -0.05) is 37.9 Å². The summed E-state index contributed by atoms with van der Waals surface area (Å²) in [6.07, 6.45) is 2.54. The van der Waals surface area contributed by atoms with Crippen molar-refractivity contribution in [3.05, 3.63) is 62.0 Å². The molecule has 1 unspecified atom stereocenters. The van der Waals surface area contributed by atoms with Gasteiger partial charge in [0.2, 0.25) is 0 Å². The third-order valence-corrected chi connectivity index (χ3v) is 4.70. The quantitative estimate of drug-likeness (QED) is 0.685. The van der Waals surface area contributed by atoms with Gasteiger partial charge in [-0.3, -0.25) is 0 Å². The van der Waals surface area contributed by atoms with Crippen LogP contribution in [0, 0.1) is 11.6 Å². The van der Waals surface area contributed by atoms with Gasteiger partial charge in [0.15, 0.2) is 0 Å². The van der Waals surface area contributed by atoms with Crippen molar-refractivity contribution >= 4 is 37.5 Å². The fourth-order valence-electron chi connectivity index (χ4n) is 2.73. The molecule has 0 heterocycles. The number of fused-ring (bicyclic) bond motifs is 1. The number of nitrogens with one attached hydrogen (secondary N) is 1. The van der Waals surface area contributed by atoms with Crippen molar-refractivity contribution in [2.24, 2.45) is 0 Å². The Morgan fingerprint density at radius 1 is 0.952 bits per heavy atom. The number of halogens is 4. The summed E-state index contributed by atoms with van der Waals surface area (Å²) in [6, 6.07) is 8.79. The molecule has 5 heteroatoms. The fourth-order valence-corrected chi connectivity index (χ4v) is 3.54. The molecule has 0 spiro atoms. The molecule has 0 aromatic heterocycles. The molecule has 0 saturated carbocycles. The second-order valence-electron chi connectivity index (χ2n) is 5.24. The first-order chi connectivity index (χ1) is 10.0. The molecule has 0 aliphatic heterocycles. The number of aryl methyl sites for hydroxylation is 1. The lowest BCUT2D eigenvalue weighted by Gasteiger charge is -2.27. The molecule has 1 N–H and O–H groups in total. The third kappa shape index (κ3) is 3.29. The monoisotopic (exact) mass is 415 g/mol. The first-order valence-electron chi connectivity index (χ1n) is 6.71. The maximum atomic E-state index is 13.9. The van der Waals surface area contributed by atoms with Gasteiger partial charge in [-0.2, -0.15) is 0 Å². The van der Waals surface area contributed by atoms with Crippen LogP contribution in [0.2, 0.25) is 0 Å². The predicted octanol–water partition coefficient (Wildman–Crippen LogP) is 5.46. The molecule has 2 aromatic rings. The molecule has 0 saturated heterocycles. The Hall–Kier alpha value is -0.940. The summed E-state index contributed by atoms with van der Waals surface area (Å²) in [6.45, 7) is 0. The van der Waals surface area contributed by atoms with Crippen LogP contribution in [0.15, 0.2) is 39.3 Å². The van der Waals surface area contributed by atoms with Gasteiger partial charge in [0.1, 0.15) is 17.3 Å². The summed E-state index contributed by atoms with van der Waals surface area (Å²) in [5.74, 6) is -1.13. The smallest absolute Gasteiger partial charge is 0.150 e. The molecule has 2 aromatic carbocycles. The van der Waals surface area contributed by atoms with Crippen LogP contribution >= 0.6 is 31.9 Å². The standard InChI is InChI=1S/C16H13Br2F2N/c17-11-3-1-10-6-13(4-2-9(10)5-11)21-16-14(19)7-12(18)8-15(16)20/h1,3,5,7-8,13,21H,2,4,6H2. The average Bonchev–Trinajstić information content (AvgIpc) is 2.43. The highest BCUT2D eigenvalue weighted by molar-refractivity contribution is 9.10. The van der Waals surface area contributed by atoms with Crippen LogP contribution in [0.4, 0.5) is 14.5 Å². The summed E-state index contributed by atoms with van der Waals surface area (Å²) < 4.78 is 29.2. The maximum Gasteiger partial charge on any atom is 0.150 e. The molecule has 0 bridgehead atoms. The van der Waals surface area contributed by atoms with E-state index in [2.05, 4.69) is 49.3 Å². The molecule has 0 fully saturated rings. The normalized spacial score (nSPS) is 17.4. The van der Waals surface area contributed by atoms with Gasteiger partial charge in [-0.25, -0.2) is 8.78 Å². The van der Waals surface area contributed by atoms with Crippen LogP contribution < -0.4 is 5.32 Å². The Morgan fingerprint density at radius 2 is 1.67 bits per heavy atom. The van der Waals surface area contributed by atoms with Crippen LogP contribution in [-0.2, 0) is 12.8 Å². The Balaban J connectivity index is 1.80. The minimum atomic E-state index is -0.566. The Bertz CT molecular complexity index is 665. The van der Waals surface area contributed by atoms with E-state index in [4.69, 9.17) is 0 Å². The van der Waals surface area contributed by atoms with Crippen molar-refractivity contribution in [3.63, 3.8) is 0 Å². The molecule has 3 rings (SSSR count). The first kappa shape index (κ1) is 15.0. The topological polar surface area (TPSA) is 12.0 Å². The Morgan fingerprint density at radius 3 is 2.38 bits per heavy atom. The summed E-state index contributed by atoms with van der Waals surface area (Å²) in [7, 11) is 0. The number of anilines is 1. The van der Waals surface area contributed by atoms with E-state index >= 15 is 0 Å². The second-order valence-corrected chi connectivity index (χ2v) is 7.07. The molecular weight excluding hydrogens is 404 g/mol. The zero-order valence-corrected chi connectivity index (χ0v) is 14.3. The van der Waals surface area contributed by atoms with E-state index < -0.39 is 11.6 Å². The summed E-state index contributed by atoms with van der Waals surface area (Å²) in [4.78, 5) is 0. The number of hydrogen-bond acceptors (Lipinski definition) is 1. The van der Waals surface area contributed by atoms with Gasteiger partial charge < -0.3 is 5.32 Å².